The van der Waals surface area contributed by atoms with Gasteiger partial charge in [0.2, 0.25) is 15.9 Å². The first-order valence-corrected chi connectivity index (χ1v) is 13.9. The maximum absolute atomic E-state index is 12.8. The van der Waals surface area contributed by atoms with Crippen LogP contribution >= 0.6 is 11.8 Å². The average Bonchev–Trinajstić information content (AvgIpc) is 2.83. The van der Waals surface area contributed by atoms with Crippen molar-refractivity contribution >= 4 is 27.7 Å². The second-order valence-corrected chi connectivity index (χ2v) is 11.8. The maximum Gasteiger partial charge on any atom is 0.244 e. The van der Waals surface area contributed by atoms with E-state index in [1.165, 1.54) is 46.2 Å². The molecule has 33 heavy (non-hydrogen) atoms. The summed E-state index contributed by atoms with van der Waals surface area (Å²) in [5.41, 5.74) is 3.97. The van der Waals surface area contributed by atoms with Crippen molar-refractivity contribution in [2.45, 2.75) is 48.6 Å². The van der Waals surface area contributed by atoms with Gasteiger partial charge in [-0.3, -0.25) is 4.79 Å². The van der Waals surface area contributed by atoms with Crippen LogP contribution in [0.2, 0.25) is 0 Å². The van der Waals surface area contributed by atoms with Gasteiger partial charge < -0.3 is 10.2 Å². The van der Waals surface area contributed by atoms with Gasteiger partial charge in [0.1, 0.15) is 4.90 Å². The molecule has 0 spiro atoms. The summed E-state index contributed by atoms with van der Waals surface area (Å²) in [4.78, 5) is 19.1. The summed E-state index contributed by atoms with van der Waals surface area (Å²) in [5.74, 6) is 0.161. The minimum atomic E-state index is -3.53. The number of sulfonamides is 1. The van der Waals surface area contributed by atoms with Crippen molar-refractivity contribution in [2.75, 3.05) is 39.0 Å². The molecule has 0 radical (unpaired) electrons. The molecule has 178 valence electrons. The smallest absolute Gasteiger partial charge is 0.244 e. The zero-order valence-corrected chi connectivity index (χ0v) is 20.9. The Hall–Kier alpha value is -1.94. The van der Waals surface area contributed by atoms with Crippen LogP contribution in [0.5, 0.6) is 0 Å². The Morgan fingerprint density at radius 3 is 2.52 bits per heavy atom. The SMILES string of the molecule is CC(NC(=O)CSc1ccc(S(=O)(=O)N2CCN(C)CC2)cn1)c1ccc2c(c1)CCCC2. The van der Waals surface area contributed by atoms with Gasteiger partial charge in [-0.2, -0.15) is 4.31 Å². The molecule has 1 aliphatic carbocycles. The normalized spacial score (nSPS) is 18.5. The number of benzene rings is 1. The molecule has 0 saturated carbocycles. The number of likely N-dealkylation sites (N-methyl/N-ethyl adjacent to an activating group) is 1. The molecule has 7 nitrogen and oxygen atoms in total. The number of nitrogens with zero attached hydrogens (tertiary/aromatic N) is 3. The number of nitrogens with one attached hydrogen (secondary N) is 1. The fraction of sp³-hybridized carbons (Fsp3) is 0.500. The summed E-state index contributed by atoms with van der Waals surface area (Å²) >= 11 is 1.31. The summed E-state index contributed by atoms with van der Waals surface area (Å²) in [5, 5.41) is 3.69. The molecule has 1 aromatic carbocycles. The Balaban J connectivity index is 1.29. The number of amides is 1. The molecule has 4 rings (SSSR count). The minimum Gasteiger partial charge on any atom is -0.349 e. The second kappa shape index (κ2) is 10.5. The van der Waals surface area contributed by atoms with Crippen molar-refractivity contribution in [2.24, 2.45) is 0 Å². The maximum atomic E-state index is 12.8. The Labute approximate surface area is 201 Å². The average molecular weight is 489 g/mol. The van der Waals surface area contributed by atoms with Crippen LogP contribution in [0, 0.1) is 0 Å². The van der Waals surface area contributed by atoms with Crippen molar-refractivity contribution in [3.8, 4) is 0 Å². The van der Waals surface area contributed by atoms with Crippen LogP contribution in [0.25, 0.3) is 0 Å². The molecule has 1 N–H and O–H groups in total. The molecule has 1 unspecified atom stereocenters. The van der Waals surface area contributed by atoms with Gasteiger partial charge in [-0.15, -0.1) is 0 Å². The standard InChI is InChI=1S/C24H32N4O3S2/c1-18(20-8-7-19-5-3-4-6-21(19)15-20)26-23(29)17-32-24-10-9-22(16-25-24)33(30,31)28-13-11-27(2)12-14-28/h7-10,15-16,18H,3-6,11-14,17H2,1-2H3,(H,26,29). The zero-order chi connectivity index (χ0) is 23.4. The number of hydrogen-bond acceptors (Lipinski definition) is 6. The highest BCUT2D eigenvalue weighted by Crippen LogP contribution is 2.25. The number of hydrogen-bond donors (Lipinski definition) is 1. The molecule has 2 aromatic rings. The second-order valence-electron chi connectivity index (χ2n) is 8.85. The molecule has 0 bridgehead atoms. The fourth-order valence-corrected chi connectivity index (χ4v) is 6.33. The van der Waals surface area contributed by atoms with Crippen molar-refractivity contribution < 1.29 is 13.2 Å². The van der Waals surface area contributed by atoms with Crippen molar-refractivity contribution in [1.29, 1.82) is 0 Å². The van der Waals surface area contributed by atoms with E-state index in [2.05, 4.69) is 33.4 Å². The van der Waals surface area contributed by atoms with Gasteiger partial charge in [-0.05, 0) is 68.5 Å². The van der Waals surface area contributed by atoms with E-state index < -0.39 is 10.0 Å². The Morgan fingerprint density at radius 2 is 1.82 bits per heavy atom. The minimum absolute atomic E-state index is 0.0607. The first kappa shape index (κ1) is 24.2. The summed E-state index contributed by atoms with van der Waals surface area (Å²) in [6, 6.07) is 9.74. The zero-order valence-electron chi connectivity index (χ0n) is 19.3. The van der Waals surface area contributed by atoms with Crippen LogP contribution < -0.4 is 5.32 Å². The highest BCUT2D eigenvalue weighted by Gasteiger charge is 2.27. The first-order valence-electron chi connectivity index (χ1n) is 11.5. The van der Waals surface area contributed by atoms with Crippen LogP contribution in [0.1, 0.15) is 42.5 Å². The van der Waals surface area contributed by atoms with Gasteiger partial charge in [0.15, 0.2) is 0 Å². The number of thioether (sulfide) groups is 1. The number of rotatable bonds is 7. The summed E-state index contributed by atoms with van der Waals surface area (Å²) in [6.45, 7) is 4.42. The lowest BCUT2D eigenvalue weighted by atomic mass is 9.89. The molecule has 1 aromatic heterocycles. The molecule has 1 aliphatic heterocycles. The fourth-order valence-electron chi connectivity index (χ4n) is 4.31. The Kier molecular flexibility index (Phi) is 7.73. The van der Waals surface area contributed by atoms with E-state index >= 15 is 0 Å². The number of carbonyl (C=O) groups excluding carboxylic acids is 1. The number of carbonyl (C=O) groups is 1. The van der Waals surface area contributed by atoms with Gasteiger partial charge in [0.05, 0.1) is 16.8 Å². The third-order valence-electron chi connectivity index (χ3n) is 6.41. The van der Waals surface area contributed by atoms with Crippen LogP contribution in [-0.2, 0) is 27.7 Å². The van der Waals surface area contributed by atoms with Gasteiger partial charge in [0.25, 0.3) is 0 Å². The van der Waals surface area contributed by atoms with E-state index in [4.69, 9.17) is 0 Å². The molecule has 1 saturated heterocycles. The predicted molar refractivity (Wildman–Crippen MR) is 131 cm³/mol. The van der Waals surface area contributed by atoms with Crippen LogP contribution in [0.3, 0.4) is 0 Å². The Bertz CT molecular complexity index is 1080. The molecule has 2 aliphatic rings. The van der Waals surface area contributed by atoms with Gasteiger partial charge in [0, 0.05) is 32.4 Å². The number of aryl methyl sites for hydroxylation is 2. The van der Waals surface area contributed by atoms with Gasteiger partial charge in [-0.1, -0.05) is 30.0 Å². The molecular formula is C24H32N4O3S2. The van der Waals surface area contributed by atoms with E-state index in [0.717, 1.165) is 31.5 Å². The van der Waals surface area contributed by atoms with Crippen LogP contribution in [0.15, 0.2) is 46.5 Å². The monoisotopic (exact) mass is 488 g/mol. The van der Waals surface area contributed by atoms with E-state index in [0.29, 0.717) is 18.1 Å². The summed E-state index contributed by atoms with van der Waals surface area (Å²) in [7, 11) is -1.54. The van der Waals surface area contributed by atoms with Gasteiger partial charge in [-0.25, -0.2) is 13.4 Å². The van der Waals surface area contributed by atoms with Gasteiger partial charge >= 0.3 is 0 Å². The van der Waals surface area contributed by atoms with Crippen molar-refractivity contribution in [3.63, 3.8) is 0 Å². The lowest BCUT2D eigenvalue weighted by Crippen LogP contribution is -2.47. The van der Waals surface area contributed by atoms with Crippen molar-refractivity contribution in [3.05, 3.63) is 53.2 Å². The van der Waals surface area contributed by atoms with Crippen LogP contribution in [0.4, 0.5) is 0 Å². The summed E-state index contributed by atoms with van der Waals surface area (Å²) in [6.07, 6.45) is 6.15. The predicted octanol–water partition coefficient (Wildman–Crippen LogP) is 2.87. The first-order chi connectivity index (χ1) is 15.8. The lowest BCUT2D eigenvalue weighted by Gasteiger charge is -2.31. The van der Waals surface area contributed by atoms with E-state index in [9.17, 15) is 13.2 Å². The highest BCUT2D eigenvalue weighted by molar-refractivity contribution is 7.99. The molecule has 2 heterocycles. The molecular weight excluding hydrogens is 456 g/mol. The third-order valence-corrected chi connectivity index (χ3v) is 9.24. The molecule has 1 fully saturated rings. The van der Waals surface area contributed by atoms with E-state index in [1.54, 1.807) is 12.1 Å². The van der Waals surface area contributed by atoms with E-state index in [-0.39, 0.29) is 22.6 Å². The van der Waals surface area contributed by atoms with Crippen LogP contribution in [-0.4, -0.2) is 67.5 Å². The number of aromatic nitrogens is 1. The highest BCUT2D eigenvalue weighted by atomic mass is 32.2. The van der Waals surface area contributed by atoms with Crippen molar-refractivity contribution in [1.82, 2.24) is 19.5 Å². The lowest BCUT2D eigenvalue weighted by molar-refractivity contribution is -0.119. The molecule has 9 heteroatoms. The molecule has 1 atom stereocenters. The number of pyridine rings is 1. The topological polar surface area (TPSA) is 82.6 Å². The Morgan fingerprint density at radius 1 is 1.09 bits per heavy atom. The quantitative estimate of drug-likeness (QED) is 0.604. The largest absolute Gasteiger partial charge is 0.349 e. The number of fused-ring (bicyclic) bond motifs is 1. The number of piperazine rings is 1. The molecule has 1 amide bonds. The third kappa shape index (κ3) is 5.95. The van der Waals surface area contributed by atoms with E-state index in [1.807, 2.05) is 14.0 Å². The summed E-state index contributed by atoms with van der Waals surface area (Å²) < 4.78 is 27.1.